The molecule has 2 heteroatoms. The molecule has 0 N–H and O–H groups in total. The SMILES string of the molecule is CCCC/C=C\CCCCCCCC(=O)OCCCCCCCCCC(C)CC. The van der Waals surface area contributed by atoms with Crippen molar-refractivity contribution in [2.24, 2.45) is 5.92 Å². The molecule has 0 spiro atoms. The number of carbonyl (C=O) groups is 1. The van der Waals surface area contributed by atoms with E-state index >= 15 is 0 Å². The van der Waals surface area contributed by atoms with E-state index in [2.05, 4.69) is 32.9 Å². The van der Waals surface area contributed by atoms with E-state index in [1.807, 2.05) is 0 Å². The predicted octanol–water partition coefficient (Wildman–Crippen LogP) is 9.17. The lowest BCUT2D eigenvalue weighted by Gasteiger charge is -2.07. The molecule has 0 rings (SSSR count). The molecule has 0 aromatic heterocycles. The number of hydrogen-bond donors (Lipinski definition) is 0. The number of ether oxygens (including phenoxy) is 1. The summed E-state index contributed by atoms with van der Waals surface area (Å²) in [5.41, 5.74) is 0. The van der Waals surface area contributed by atoms with E-state index in [9.17, 15) is 4.79 Å². The Morgan fingerprint density at radius 2 is 1.28 bits per heavy atom. The Kier molecular flexibility index (Phi) is 22.8. The second-order valence-electron chi connectivity index (χ2n) is 8.92. The lowest BCUT2D eigenvalue weighted by molar-refractivity contribution is -0.143. The number of rotatable bonds is 22. The van der Waals surface area contributed by atoms with Crippen molar-refractivity contribution < 1.29 is 9.53 Å². The summed E-state index contributed by atoms with van der Waals surface area (Å²) in [5, 5.41) is 0. The topological polar surface area (TPSA) is 26.3 Å². The van der Waals surface area contributed by atoms with Gasteiger partial charge in [-0.25, -0.2) is 0 Å². The van der Waals surface area contributed by atoms with E-state index in [1.54, 1.807) is 0 Å². The van der Waals surface area contributed by atoms with Crippen LogP contribution >= 0.6 is 0 Å². The minimum absolute atomic E-state index is 0.00824. The van der Waals surface area contributed by atoms with Gasteiger partial charge in [-0.05, 0) is 38.0 Å². The molecule has 0 radical (unpaired) electrons. The molecule has 1 unspecified atom stereocenters. The molecule has 2 nitrogen and oxygen atoms in total. The molecule has 0 aromatic carbocycles. The first-order valence-electron chi connectivity index (χ1n) is 13.0. The second-order valence-corrected chi connectivity index (χ2v) is 8.92. The number of carbonyl (C=O) groups excluding carboxylic acids is 1. The summed E-state index contributed by atoms with van der Waals surface area (Å²) in [5.74, 6) is 0.904. The third kappa shape index (κ3) is 23.4. The molecule has 0 aliphatic heterocycles. The van der Waals surface area contributed by atoms with Crippen LogP contribution in [0.25, 0.3) is 0 Å². The maximum Gasteiger partial charge on any atom is 0.305 e. The van der Waals surface area contributed by atoms with Gasteiger partial charge < -0.3 is 4.74 Å². The minimum Gasteiger partial charge on any atom is -0.466 e. The Balaban J connectivity index is 3.22. The second kappa shape index (κ2) is 23.5. The zero-order valence-corrected chi connectivity index (χ0v) is 20.2. The van der Waals surface area contributed by atoms with Crippen LogP contribution in [0.5, 0.6) is 0 Å². The average Bonchev–Trinajstić information content (AvgIpc) is 2.73. The van der Waals surface area contributed by atoms with Crippen molar-refractivity contribution in [1.82, 2.24) is 0 Å². The van der Waals surface area contributed by atoms with Crippen molar-refractivity contribution in [1.29, 1.82) is 0 Å². The van der Waals surface area contributed by atoms with Crippen molar-refractivity contribution in [3.8, 4) is 0 Å². The highest BCUT2D eigenvalue weighted by molar-refractivity contribution is 5.69. The average molecular weight is 409 g/mol. The summed E-state index contributed by atoms with van der Waals surface area (Å²) in [6.45, 7) is 7.50. The lowest BCUT2D eigenvalue weighted by atomic mass is 10.00. The summed E-state index contributed by atoms with van der Waals surface area (Å²) in [7, 11) is 0. The van der Waals surface area contributed by atoms with E-state index in [0.29, 0.717) is 13.0 Å². The van der Waals surface area contributed by atoms with Crippen LogP contribution in [0.1, 0.15) is 143 Å². The lowest BCUT2D eigenvalue weighted by Crippen LogP contribution is -2.05. The van der Waals surface area contributed by atoms with Gasteiger partial charge in [-0.1, -0.05) is 116 Å². The summed E-state index contributed by atoms with van der Waals surface area (Å²) < 4.78 is 5.37. The Bertz CT molecular complexity index is 362. The van der Waals surface area contributed by atoms with Crippen LogP contribution in [0.15, 0.2) is 12.2 Å². The van der Waals surface area contributed by atoms with Gasteiger partial charge in [-0.15, -0.1) is 0 Å². The van der Waals surface area contributed by atoms with Crippen LogP contribution in [0.2, 0.25) is 0 Å². The van der Waals surface area contributed by atoms with Crippen LogP contribution in [-0.4, -0.2) is 12.6 Å². The maximum absolute atomic E-state index is 11.8. The zero-order chi connectivity index (χ0) is 21.4. The third-order valence-corrected chi connectivity index (χ3v) is 5.94. The Labute approximate surface area is 183 Å². The molecule has 0 aromatic rings. The van der Waals surface area contributed by atoms with Crippen LogP contribution < -0.4 is 0 Å². The summed E-state index contributed by atoms with van der Waals surface area (Å²) >= 11 is 0. The van der Waals surface area contributed by atoms with Gasteiger partial charge in [-0.3, -0.25) is 4.79 Å². The van der Waals surface area contributed by atoms with Crippen LogP contribution in [0, 0.1) is 5.92 Å². The van der Waals surface area contributed by atoms with Gasteiger partial charge in [0, 0.05) is 6.42 Å². The monoisotopic (exact) mass is 408 g/mol. The first-order valence-corrected chi connectivity index (χ1v) is 13.0. The van der Waals surface area contributed by atoms with E-state index in [4.69, 9.17) is 4.74 Å². The van der Waals surface area contributed by atoms with E-state index in [1.165, 1.54) is 96.3 Å². The Hall–Kier alpha value is -0.790. The van der Waals surface area contributed by atoms with Gasteiger partial charge >= 0.3 is 5.97 Å². The maximum atomic E-state index is 11.8. The van der Waals surface area contributed by atoms with Crippen molar-refractivity contribution in [2.75, 3.05) is 6.61 Å². The molecule has 0 saturated heterocycles. The first kappa shape index (κ1) is 28.2. The molecule has 29 heavy (non-hydrogen) atoms. The van der Waals surface area contributed by atoms with E-state index in [0.717, 1.165) is 25.2 Å². The smallest absolute Gasteiger partial charge is 0.305 e. The number of esters is 1. The largest absolute Gasteiger partial charge is 0.466 e. The number of unbranched alkanes of at least 4 members (excludes halogenated alkanes) is 13. The molecule has 0 aliphatic carbocycles. The van der Waals surface area contributed by atoms with Crippen molar-refractivity contribution >= 4 is 5.97 Å². The van der Waals surface area contributed by atoms with Gasteiger partial charge in [0.15, 0.2) is 0 Å². The fraction of sp³-hybridized carbons (Fsp3) is 0.889. The molecular formula is C27H52O2. The molecular weight excluding hydrogens is 356 g/mol. The van der Waals surface area contributed by atoms with Crippen LogP contribution in [0.4, 0.5) is 0 Å². The van der Waals surface area contributed by atoms with Crippen molar-refractivity contribution in [3.63, 3.8) is 0 Å². The summed E-state index contributed by atoms with van der Waals surface area (Å²) in [4.78, 5) is 11.8. The summed E-state index contributed by atoms with van der Waals surface area (Å²) in [6, 6.07) is 0. The highest BCUT2D eigenvalue weighted by Crippen LogP contribution is 2.14. The molecule has 172 valence electrons. The van der Waals surface area contributed by atoms with E-state index < -0.39 is 0 Å². The van der Waals surface area contributed by atoms with Gasteiger partial charge in [0.2, 0.25) is 0 Å². The van der Waals surface area contributed by atoms with Gasteiger partial charge in [0.05, 0.1) is 6.61 Å². The third-order valence-electron chi connectivity index (χ3n) is 5.94. The fourth-order valence-electron chi connectivity index (χ4n) is 3.56. The van der Waals surface area contributed by atoms with Gasteiger partial charge in [0.1, 0.15) is 0 Å². The van der Waals surface area contributed by atoms with Crippen LogP contribution in [0.3, 0.4) is 0 Å². The quantitative estimate of drug-likeness (QED) is 0.101. The molecule has 0 fully saturated rings. The predicted molar refractivity (Wildman–Crippen MR) is 128 cm³/mol. The fourth-order valence-corrected chi connectivity index (χ4v) is 3.56. The normalized spacial score (nSPS) is 12.5. The molecule has 0 heterocycles. The molecule has 1 atom stereocenters. The van der Waals surface area contributed by atoms with E-state index in [-0.39, 0.29) is 5.97 Å². The zero-order valence-electron chi connectivity index (χ0n) is 20.2. The van der Waals surface area contributed by atoms with Gasteiger partial charge in [-0.2, -0.15) is 0 Å². The number of hydrogen-bond acceptors (Lipinski definition) is 2. The standard InChI is InChI=1S/C27H52O2/c1-4-6-7-8-9-10-11-12-15-18-21-24-27(28)29-25-22-19-16-13-14-17-20-23-26(3)5-2/h8-9,26H,4-7,10-25H2,1-3H3/b9-8-. The van der Waals surface area contributed by atoms with Crippen molar-refractivity contribution in [2.45, 2.75) is 143 Å². The Morgan fingerprint density at radius 1 is 0.724 bits per heavy atom. The molecule has 0 aliphatic rings. The van der Waals surface area contributed by atoms with Crippen molar-refractivity contribution in [3.05, 3.63) is 12.2 Å². The number of allylic oxidation sites excluding steroid dienone is 2. The van der Waals surface area contributed by atoms with Crippen LogP contribution in [-0.2, 0) is 9.53 Å². The first-order chi connectivity index (χ1) is 14.2. The summed E-state index contributed by atoms with van der Waals surface area (Å²) in [6.07, 6.45) is 28.0. The molecule has 0 saturated carbocycles. The highest BCUT2D eigenvalue weighted by Gasteiger charge is 2.02. The Morgan fingerprint density at radius 3 is 1.93 bits per heavy atom. The minimum atomic E-state index is 0.00824. The molecule has 0 bridgehead atoms. The highest BCUT2D eigenvalue weighted by atomic mass is 16.5. The van der Waals surface area contributed by atoms with Gasteiger partial charge in [0.25, 0.3) is 0 Å². The molecule has 0 amide bonds.